The largest absolute Gasteiger partial charge is 0.322 e. The number of rotatable bonds is 5. The molecule has 0 aliphatic carbocycles. The van der Waals surface area contributed by atoms with Gasteiger partial charge in [0.05, 0.1) is 16.0 Å². The number of fused-ring (bicyclic) bond motifs is 1. The fraction of sp³-hybridized carbons (Fsp3) is 0.263. The molecule has 5 nitrogen and oxygen atoms in total. The van der Waals surface area contributed by atoms with E-state index in [-0.39, 0.29) is 21.9 Å². The first-order valence-corrected chi connectivity index (χ1v) is 10.7. The number of carbonyl (C=O) groups excluding carboxylic acids is 1. The second kappa shape index (κ2) is 7.17. The van der Waals surface area contributed by atoms with E-state index >= 15 is 0 Å². The molecule has 0 unspecified atom stereocenters. The molecular weight excluding hydrogens is 368 g/mol. The number of nitrogens with zero attached hydrogens (tertiary/aromatic N) is 1. The summed E-state index contributed by atoms with van der Waals surface area (Å²) in [5.41, 5.74) is 2.82. The Morgan fingerprint density at radius 2 is 1.96 bits per heavy atom. The van der Waals surface area contributed by atoms with E-state index in [1.165, 1.54) is 0 Å². The Hall–Kier alpha value is -2.25. The van der Waals surface area contributed by atoms with Gasteiger partial charge in [0.15, 0.2) is 0 Å². The fourth-order valence-electron chi connectivity index (χ4n) is 2.61. The van der Waals surface area contributed by atoms with Crippen LogP contribution in [0.15, 0.2) is 46.8 Å². The molecule has 3 aromatic rings. The van der Waals surface area contributed by atoms with Gasteiger partial charge in [-0.15, -0.1) is 11.3 Å². The predicted molar refractivity (Wildman–Crippen MR) is 106 cm³/mol. The Morgan fingerprint density at radius 3 is 2.65 bits per heavy atom. The number of hydrogen-bond acceptors (Lipinski definition) is 5. The molecule has 1 N–H and O–H groups in total. The normalized spacial score (nSPS) is 11.8. The van der Waals surface area contributed by atoms with E-state index in [9.17, 15) is 13.2 Å². The molecule has 0 atom stereocenters. The lowest BCUT2D eigenvalue weighted by atomic mass is 10.1. The van der Waals surface area contributed by atoms with Crippen LogP contribution in [0.25, 0.3) is 10.2 Å². The van der Waals surface area contributed by atoms with Crippen LogP contribution in [0.3, 0.4) is 0 Å². The highest BCUT2D eigenvalue weighted by atomic mass is 32.2. The molecule has 0 saturated carbocycles. The molecule has 1 amide bonds. The van der Waals surface area contributed by atoms with E-state index in [1.807, 2.05) is 39.0 Å². The first-order valence-electron chi connectivity index (χ1n) is 8.26. The van der Waals surface area contributed by atoms with E-state index in [0.717, 1.165) is 21.6 Å². The molecule has 3 rings (SSSR count). The zero-order valence-electron chi connectivity index (χ0n) is 14.8. The maximum atomic E-state index is 12.4. The van der Waals surface area contributed by atoms with Crippen molar-refractivity contribution in [1.82, 2.24) is 4.98 Å². The molecule has 0 saturated heterocycles. The molecule has 0 aliphatic rings. The minimum absolute atomic E-state index is 0.0381. The zero-order chi connectivity index (χ0) is 18.9. The van der Waals surface area contributed by atoms with Crippen molar-refractivity contribution in [3.8, 4) is 0 Å². The third-order valence-corrected chi connectivity index (χ3v) is 7.28. The average molecular weight is 389 g/mol. The van der Waals surface area contributed by atoms with Gasteiger partial charge >= 0.3 is 0 Å². The third-order valence-electron chi connectivity index (χ3n) is 3.73. The average Bonchev–Trinajstić information content (AvgIpc) is 2.98. The molecule has 0 radical (unpaired) electrons. The maximum Gasteiger partial charge on any atom is 0.255 e. The van der Waals surface area contributed by atoms with Gasteiger partial charge < -0.3 is 5.32 Å². The number of carbonyl (C=O) groups is 1. The van der Waals surface area contributed by atoms with Crippen LogP contribution in [0.4, 0.5) is 5.69 Å². The number of benzene rings is 2. The summed E-state index contributed by atoms with van der Waals surface area (Å²) in [6, 6.07) is 12.6. The van der Waals surface area contributed by atoms with Crippen LogP contribution in [0.1, 0.15) is 29.8 Å². The molecule has 7 heteroatoms. The molecule has 0 bridgehead atoms. The predicted octanol–water partition coefficient (Wildman–Crippen LogP) is 4.29. The first-order chi connectivity index (χ1) is 12.2. The van der Waals surface area contributed by atoms with E-state index in [0.29, 0.717) is 16.8 Å². The van der Waals surface area contributed by atoms with Gasteiger partial charge in [-0.2, -0.15) is 0 Å². The highest BCUT2D eigenvalue weighted by Gasteiger charge is 2.21. The third kappa shape index (κ3) is 4.11. The number of amides is 1. The van der Waals surface area contributed by atoms with Crippen LogP contribution in [-0.2, 0) is 9.84 Å². The summed E-state index contributed by atoms with van der Waals surface area (Å²) >= 11 is 1.14. The zero-order valence-corrected chi connectivity index (χ0v) is 16.4. The van der Waals surface area contributed by atoms with Crippen molar-refractivity contribution in [1.29, 1.82) is 0 Å². The summed E-state index contributed by atoms with van der Waals surface area (Å²) in [5, 5.41) is 2.85. The molecule has 0 aliphatic heterocycles. The lowest BCUT2D eigenvalue weighted by Crippen LogP contribution is -2.11. The van der Waals surface area contributed by atoms with Crippen molar-refractivity contribution in [3.63, 3.8) is 0 Å². The first kappa shape index (κ1) is 18.5. The number of hydrogen-bond donors (Lipinski definition) is 1. The van der Waals surface area contributed by atoms with Crippen molar-refractivity contribution in [2.75, 3.05) is 11.1 Å². The summed E-state index contributed by atoms with van der Waals surface area (Å²) in [5.74, 6) is -0.0922. The number of nitrogens with one attached hydrogen (secondary N) is 1. The number of thiazole rings is 1. The molecule has 1 aromatic heterocycles. The summed E-state index contributed by atoms with van der Waals surface area (Å²) in [6.07, 6.45) is 0. The summed E-state index contributed by atoms with van der Waals surface area (Å²) in [4.78, 5) is 16.6. The molecule has 0 spiro atoms. The van der Waals surface area contributed by atoms with Crippen molar-refractivity contribution >= 4 is 43.0 Å². The van der Waals surface area contributed by atoms with E-state index in [1.54, 1.807) is 24.3 Å². The summed E-state index contributed by atoms with van der Waals surface area (Å²) in [6.45, 7) is 5.66. The van der Waals surface area contributed by atoms with Crippen LogP contribution >= 0.6 is 11.3 Å². The molecule has 2 aromatic carbocycles. The monoisotopic (exact) mass is 388 g/mol. The van der Waals surface area contributed by atoms with Crippen LogP contribution in [0.5, 0.6) is 0 Å². The van der Waals surface area contributed by atoms with Gasteiger partial charge in [0.2, 0.25) is 14.2 Å². The van der Waals surface area contributed by atoms with Gasteiger partial charge in [0.25, 0.3) is 5.91 Å². The Morgan fingerprint density at radius 1 is 1.19 bits per heavy atom. The smallest absolute Gasteiger partial charge is 0.255 e. The highest BCUT2D eigenvalue weighted by Crippen LogP contribution is 2.29. The van der Waals surface area contributed by atoms with Crippen molar-refractivity contribution in [3.05, 3.63) is 53.6 Å². The number of aryl methyl sites for hydroxylation is 1. The van der Waals surface area contributed by atoms with Crippen molar-refractivity contribution in [2.45, 2.75) is 25.1 Å². The number of anilines is 1. The van der Waals surface area contributed by atoms with Crippen LogP contribution in [-0.4, -0.2) is 25.1 Å². The van der Waals surface area contributed by atoms with Crippen molar-refractivity contribution in [2.24, 2.45) is 5.92 Å². The fourth-order valence-corrected chi connectivity index (χ4v) is 5.59. The quantitative estimate of drug-likeness (QED) is 0.707. The highest BCUT2D eigenvalue weighted by molar-refractivity contribution is 7.93. The Bertz CT molecular complexity index is 1070. The molecule has 1 heterocycles. The van der Waals surface area contributed by atoms with Gasteiger partial charge in [-0.1, -0.05) is 31.5 Å². The van der Waals surface area contributed by atoms with Gasteiger partial charge in [-0.25, -0.2) is 13.4 Å². The standard InChI is InChI=1S/C19H20N2O3S2/c1-12(2)11-26(23,24)19-21-16-8-7-15(10-17(16)25-19)20-18(22)14-6-4-5-13(3)9-14/h4-10,12H,11H2,1-3H3,(H,20,22). The Labute approximate surface area is 157 Å². The maximum absolute atomic E-state index is 12.4. The van der Waals surface area contributed by atoms with Crippen LogP contribution in [0, 0.1) is 12.8 Å². The lowest BCUT2D eigenvalue weighted by molar-refractivity contribution is 0.102. The van der Waals surface area contributed by atoms with Crippen LogP contribution < -0.4 is 5.32 Å². The second-order valence-electron chi connectivity index (χ2n) is 6.66. The topological polar surface area (TPSA) is 76.1 Å². The SMILES string of the molecule is Cc1cccc(C(=O)Nc2ccc3nc(S(=O)(=O)CC(C)C)sc3c2)c1. The lowest BCUT2D eigenvalue weighted by Gasteiger charge is -2.05. The minimum atomic E-state index is -3.38. The number of sulfone groups is 1. The Balaban J connectivity index is 1.87. The van der Waals surface area contributed by atoms with Gasteiger partial charge in [-0.05, 0) is 43.2 Å². The van der Waals surface area contributed by atoms with E-state index in [2.05, 4.69) is 10.3 Å². The summed E-state index contributed by atoms with van der Waals surface area (Å²) in [7, 11) is -3.38. The van der Waals surface area contributed by atoms with E-state index in [4.69, 9.17) is 0 Å². The minimum Gasteiger partial charge on any atom is -0.322 e. The number of aromatic nitrogens is 1. The van der Waals surface area contributed by atoms with Gasteiger partial charge in [0.1, 0.15) is 0 Å². The summed E-state index contributed by atoms with van der Waals surface area (Å²) < 4.78 is 25.6. The van der Waals surface area contributed by atoms with Gasteiger partial charge in [-0.3, -0.25) is 4.79 Å². The second-order valence-corrected chi connectivity index (χ2v) is 9.90. The van der Waals surface area contributed by atoms with Crippen LogP contribution in [0.2, 0.25) is 0 Å². The Kier molecular flexibility index (Phi) is 5.11. The van der Waals surface area contributed by atoms with Gasteiger partial charge in [0, 0.05) is 11.3 Å². The molecule has 0 fully saturated rings. The van der Waals surface area contributed by atoms with Crippen molar-refractivity contribution < 1.29 is 13.2 Å². The van der Waals surface area contributed by atoms with E-state index < -0.39 is 9.84 Å². The molecule has 26 heavy (non-hydrogen) atoms. The molecule has 136 valence electrons. The molecular formula is C19H20N2O3S2.